The molecule has 0 spiro atoms. The highest BCUT2D eigenvalue weighted by molar-refractivity contribution is 5.88. The van der Waals surface area contributed by atoms with Gasteiger partial charge in [-0.1, -0.05) is 48.5 Å². The summed E-state index contributed by atoms with van der Waals surface area (Å²) in [5, 5.41) is 4.10. The smallest absolute Gasteiger partial charge is 0.225 e. The van der Waals surface area contributed by atoms with Crippen molar-refractivity contribution in [2.45, 2.75) is 19.4 Å². The van der Waals surface area contributed by atoms with Crippen molar-refractivity contribution in [1.82, 2.24) is 20.3 Å². The summed E-state index contributed by atoms with van der Waals surface area (Å²) in [6, 6.07) is 17.8. The summed E-state index contributed by atoms with van der Waals surface area (Å²) in [7, 11) is 0. The number of rotatable bonds is 5. The minimum Gasteiger partial charge on any atom is -0.361 e. The molecule has 4 aromatic rings. The molecule has 0 aliphatic rings. The number of carbonyl (C=O) groups excluding carboxylic acids is 1. The molecule has 2 aromatic heterocycles. The molecule has 0 fully saturated rings. The van der Waals surface area contributed by atoms with Crippen LogP contribution in [0.5, 0.6) is 0 Å². The molecule has 0 saturated heterocycles. The Morgan fingerprint density at radius 2 is 1.88 bits per heavy atom. The second-order valence-corrected chi connectivity index (χ2v) is 6.37. The first-order valence-corrected chi connectivity index (χ1v) is 8.65. The molecule has 0 aliphatic heterocycles. The number of benzene rings is 2. The molecule has 2 aromatic carbocycles. The monoisotopic (exact) mass is 344 g/mol. The van der Waals surface area contributed by atoms with Crippen LogP contribution < -0.4 is 5.32 Å². The molecule has 0 bridgehead atoms. The van der Waals surface area contributed by atoms with Crippen LogP contribution in [-0.4, -0.2) is 20.9 Å². The molecule has 26 heavy (non-hydrogen) atoms. The molecule has 3 N–H and O–H groups in total. The van der Waals surface area contributed by atoms with Crippen LogP contribution in [0.15, 0.2) is 67.0 Å². The average molecular weight is 344 g/mol. The van der Waals surface area contributed by atoms with Crippen LogP contribution >= 0.6 is 0 Å². The van der Waals surface area contributed by atoms with Gasteiger partial charge in [0.25, 0.3) is 0 Å². The number of hydrogen-bond acceptors (Lipinski definition) is 2. The first kappa shape index (κ1) is 16.1. The van der Waals surface area contributed by atoms with Crippen molar-refractivity contribution in [3.8, 4) is 11.3 Å². The molecular formula is C21H20N4O. The van der Waals surface area contributed by atoms with Crippen molar-refractivity contribution in [2.24, 2.45) is 0 Å². The van der Waals surface area contributed by atoms with Crippen LogP contribution in [0.2, 0.25) is 0 Å². The van der Waals surface area contributed by atoms with Crippen LogP contribution in [0, 0.1) is 0 Å². The number of para-hydroxylation sites is 1. The van der Waals surface area contributed by atoms with Gasteiger partial charge in [-0.05, 0) is 24.1 Å². The lowest BCUT2D eigenvalue weighted by atomic mass is 10.1. The van der Waals surface area contributed by atoms with E-state index in [0.717, 1.165) is 33.5 Å². The van der Waals surface area contributed by atoms with Crippen molar-refractivity contribution in [3.05, 3.63) is 78.4 Å². The Hall–Kier alpha value is -3.34. The molecule has 0 aliphatic carbocycles. The van der Waals surface area contributed by atoms with Crippen molar-refractivity contribution >= 4 is 16.8 Å². The number of aromatic nitrogens is 3. The van der Waals surface area contributed by atoms with Gasteiger partial charge in [0.15, 0.2) is 0 Å². The Morgan fingerprint density at radius 3 is 2.73 bits per heavy atom. The summed E-state index contributed by atoms with van der Waals surface area (Å²) in [5.41, 5.74) is 4.05. The Bertz CT molecular complexity index is 1030. The first-order valence-electron chi connectivity index (χ1n) is 8.65. The van der Waals surface area contributed by atoms with E-state index in [-0.39, 0.29) is 11.9 Å². The van der Waals surface area contributed by atoms with Gasteiger partial charge >= 0.3 is 0 Å². The Kier molecular flexibility index (Phi) is 4.27. The second-order valence-electron chi connectivity index (χ2n) is 6.37. The van der Waals surface area contributed by atoms with E-state index >= 15 is 0 Å². The molecular weight excluding hydrogens is 324 g/mol. The standard InChI is InChI=1S/C21H20N4O/c1-14(21-23-13-19(25-21)15-7-3-2-4-8-15)24-20(26)11-16-12-22-18-10-6-5-9-17(16)18/h2-10,12-14,22H,11H2,1H3,(H,23,25)(H,24,26). The minimum absolute atomic E-state index is 0.0279. The van der Waals surface area contributed by atoms with Crippen molar-refractivity contribution in [2.75, 3.05) is 0 Å². The fraction of sp³-hybridized carbons (Fsp3) is 0.143. The van der Waals surface area contributed by atoms with Crippen molar-refractivity contribution in [1.29, 1.82) is 0 Å². The summed E-state index contributed by atoms with van der Waals surface area (Å²) in [4.78, 5) is 23.4. The summed E-state index contributed by atoms with van der Waals surface area (Å²) in [6.07, 6.45) is 4.03. The van der Waals surface area contributed by atoms with Gasteiger partial charge in [0.05, 0.1) is 24.4 Å². The van der Waals surface area contributed by atoms with Crippen LogP contribution in [0.1, 0.15) is 24.4 Å². The molecule has 5 nitrogen and oxygen atoms in total. The highest BCUT2D eigenvalue weighted by Gasteiger charge is 2.15. The molecule has 0 radical (unpaired) electrons. The van der Waals surface area contributed by atoms with E-state index in [1.807, 2.05) is 67.7 Å². The zero-order chi connectivity index (χ0) is 17.9. The number of carbonyl (C=O) groups is 1. The second kappa shape index (κ2) is 6.88. The number of nitrogens with zero attached hydrogens (tertiary/aromatic N) is 1. The summed E-state index contributed by atoms with van der Waals surface area (Å²) < 4.78 is 0. The number of imidazole rings is 1. The third kappa shape index (κ3) is 3.24. The lowest BCUT2D eigenvalue weighted by Gasteiger charge is -2.11. The number of amides is 1. The molecule has 130 valence electrons. The highest BCUT2D eigenvalue weighted by Crippen LogP contribution is 2.20. The van der Waals surface area contributed by atoms with Gasteiger partial charge in [-0.3, -0.25) is 4.79 Å². The van der Waals surface area contributed by atoms with Gasteiger partial charge in [-0.15, -0.1) is 0 Å². The number of fused-ring (bicyclic) bond motifs is 1. The lowest BCUT2D eigenvalue weighted by Crippen LogP contribution is -2.28. The van der Waals surface area contributed by atoms with E-state index < -0.39 is 0 Å². The maximum atomic E-state index is 12.4. The molecule has 5 heteroatoms. The topological polar surface area (TPSA) is 73.6 Å². The van der Waals surface area contributed by atoms with Gasteiger partial charge in [0, 0.05) is 17.1 Å². The van der Waals surface area contributed by atoms with Crippen molar-refractivity contribution in [3.63, 3.8) is 0 Å². The normalized spacial score (nSPS) is 12.2. The van der Waals surface area contributed by atoms with Gasteiger partial charge in [-0.2, -0.15) is 0 Å². The predicted molar refractivity (Wildman–Crippen MR) is 103 cm³/mol. The van der Waals surface area contributed by atoms with E-state index in [2.05, 4.69) is 20.3 Å². The fourth-order valence-electron chi connectivity index (χ4n) is 3.13. The SMILES string of the molecule is CC(NC(=O)Cc1c[nH]c2ccccc12)c1ncc(-c2ccccc2)[nH]1. The lowest BCUT2D eigenvalue weighted by molar-refractivity contribution is -0.121. The largest absolute Gasteiger partial charge is 0.361 e. The Morgan fingerprint density at radius 1 is 1.12 bits per heavy atom. The van der Waals surface area contributed by atoms with Crippen LogP contribution in [0.4, 0.5) is 0 Å². The van der Waals surface area contributed by atoms with Crippen LogP contribution in [0.25, 0.3) is 22.2 Å². The first-order chi connectivity index (χ1) is 12.7. The number of hydrogen-bond donors (Lipinski definition) is 3. The number of aromatic amines is 2. The van der Waals surface area contributed by atoms with E-state index in [1.165, 1.54) is 0 Å². The molecule has 0 saturated carbocycles. The van der Waals surface area contributed by atoms with Crippen LogP contribution in [-0.2, 0) is 11.2 Å². The maximum Gasteiger partial charge on any atom is 0.225 e. The summed E-state index contributed by atoms with van der Waals surface area (Å²) in [5.74, 6) is 0.719. The third-order valence-electron chi connectivity index (χ3n) is 4.49. The third-order valence-corrected chi connectivity index (χ3v) is 4.49. The molecule has 2 heterocycles. The minimum atomic E-state index is -0.190. The van der Waals surface area contributed by atoms with Gasteiger partial charge in [0.2, 0.25) is 5.91 Å². The number of nitrogens with one attached hydrogen (secondary N) is 3. The van der Waals surface area contributed by atoms with Crippen molar-refractivity contribution < 1.29 is 4.79 Å². The molecule has 1 atom stereocenters. The summed E-state index contributed by atoms with van der Waals surface area (Å²) in [6.45, 7) is 1.93. The summed E-state index contributed by atoms with van der Waals surface area (Å²) >= 11 is 0. The zero-order valence-corrected chi connectivity index (χ0v) is 14.5. The van der Waals surface area contributed by atoms with Gasteiger partial charge < -0.3 is 15.3 Å². The molecule has 4 rings (SSSR count). The highest BCUT2D eigenvalue weighted by atomic mass is 16.1. The Balaban J connectivity index is 1.44. The van der Waals surface area contributed by atoms with Gasteiger partial charge in [-0.25, -0.2) is 4.98 Å². The number of H-pyrrole nitrogens is 2. The maximum absolute atomic E-state index is 12.4. The average Bonchev–Trinajstić information content (AvgIpc) is 3.30. The van der Waals surface area contributed by atoms with E-state index in [4.69, 9.17) is 0 Å². The Labute approximate surface area is 151 Å². The van der Waals surface area contributed by atoms with E-state index in [1.54, 1.807) is 6.20 Å². The molecule has 1 unspecified atom stereocenters. The van der Waals surface area contributed by atoms with E-state index in [0.29, 0.717) is 6.42 Å². The quantitative estimate of drug-likeness (QED) is 0.512. The zero-order valence-electron chi connectivity index (χ0n) is 14.5. The molecule has 1 amide bonds. The predicted octanol–water partition coefficient (Wildman–Crippen LogP) is 3.98. The fourth-order valence-corrected chi connectivity index (χ4v) is 3.13. The van der Waals surface area contributed by atoms with Crippen LogP contribution in [0.3, 0.4) is 0 Å². The van der Waals surface area contributed by atoms with Gasteiger partial charge in [0.1, 0.15) is 5.82 Å². The van der Waals surface area contributed by atoms with E-state index in [9.17, 15) is 4.79 Å².